The monoisotopic (exact) mass is 307 g/mol. The molecular formula is C19H21N3O. The molecule has 4 nitrogen and oxygen atoms in total. The third kappa shape index (κ3) is 2.55. The standard InChI is InChI=1S/C19H21N3O/c1-4-14(20)18-21-15-10-7-9-13(3)17(15)19(23)22(18)16-11-6-5-8-12(16)2/h5-11,14H,4,20H2,1-3H3. The number of rotatable bonds is 3. The largest absolute Gasteiger partial charge is 0.321 e. The number of hydrogen-bond donors (Lipinski definition) is 1. The minimum Gasteiger partial charge on any atom is -0.321 e. The minimum atomic E-state index is -0.285. The topological polar surface area (TPSA) is 60.9 Å². The molecule has 0 spiro atoms. The van der Waals surface area contributed by atoms with E-state index in [4.69, 9.17) is 10.7 Å². The number of para-hydroxylation sites is 1. The summed E-state index contributed by atoms with van der Waals surface area (Å²) >= 11 is 0. The van der Waals surface area contributed by atoms with Gasteiger partial charge in [0.05, 0.1) is 22.6 Å². The number of benzene rings is 2. The molecule has 0 aliphatic carbocycles. The van der Waals surface area contributed by atoms with Gasteiger partial charge in [-0.25, -0.2) is 4.98 Å². The Kier molecular flexibility index (Phi) is 4.01. The number of aryl methyl sites for hydroxylation is 2. The van der Waals surface area contributed by atoms with Gasteiger partial charge in [-0.15, -0.1) is 0 Å². The van der Waals surface area contributed by atoms with Gasteiger partial charge in [-0.3, -0.25) is 9.36 Å². The van der Waals surface area contributed by atoms with Crippen LogP contribution >= 0.6 is 0 Å². The molecule has 3 aromatic rings. The van der Waals surface area contributed by atoms with Gasteiger partial charge in [0.15, 0.2) is 0 Å². The van der Waals surface area contributed by atoms with Gasteiger partial charge in [-0.05, 0) is 43.5 Å². The molecule has 0 radical (unpaired) electrons. The van der Waals surface area contributed by atoms with Crippen LogP contribution in [0.4, 0.5) is 0 Å². The summed E-state index contributed by atoms with van der Waals surface area (Å²) < 4.78 is 1.68. The highest BCUT2D eigenvalue weighted by molar-refractivity contribution is 5.81. The van der Waals surface area contributed by atoms with E-state index in [0.29, 0.717) is 16.7 Å². The number of fused-ring (bicyclic) bond motifs is 1. The molecule has 118 valence electrons. The summed E-state index contributed by atoms with van der Waals surface area (Å²) in [6.45, 7) is 5.93. The van der Waals surface area contributed by atoms with Gasteiger partial charge in [0.2, 0.25) is 0 Å². The SMILES string of the molecule is CCC(N)c1nc2cccc(C)c2c(=O)n1-c1ccccc1C. The minimum absolute atomic E-state index is 0.0544. The third-order valence-electron chi connectivity index (χ3n) is 4.26. The zero-order valence-corrected chi connectivity index (χ0v) is 13.7. The number of nitrogens with zero attached hydrogens (tertiary/aromatic N) is 2. The van der Waals surface area contributed by atoms with Crippen LogP contribution in [-0.2, 0) is 0 Å². The highest BCUT2D eigenvalue weighted by Gasteiger charge is 2.18. The Bertz CT molecular complexity index is 928. The summed E-state index contributed by atoms with van der Waals surface area (Å²) in [6.07, 6.45) is 0.718. The maximum absolute atomic E-state index is 13.2. The first kappa shape index (κ1) is 15.4. The van der Waals surface area contributed by atoms with Crippen LogP contribution in [0.1, 0.15) is 36.3 Å². The van der Waals surface area contributed by atoms with Crippen molar-refractivity contribution < 1.29 is 0 Å². The summed E-state index contributed by atoms with van der Waals surface area (Å²) in [5.74, 6) is 0.616. The quantitative estimate of drug-likeness (QED) is 0.806. The van der Waals surface area contributed by atoms with E-state index in [9.17, 15) is 4.79 Å². The van der Waals surface area contributed by atoms with Gasteiger partial charge >= 0.3 is 0 Å². The van der Waals surface area contributed by atoms with Crippen LogP contribution in [0, 0.1) is 13.8 Å². The van der Waals surface area contributed by atoms with Crippen molar-refractivity contribution in [3.8, 4) is 5.69 Å². The Balaban J connectivity index is 2.48. The summed E-state index contributed by atoms with van der Waals surface area (Å²) in [7, 11) is 0. The Morgan fingerprint density at radius 2 is 1.78 bits per heavy atom. The molecule has 1 heterocycles. The zero-order chi connectivity index (χ0) is 16.6. The van der Waals surface area contributed by atoms with Gasteiger partial charge in [0.1, 0.15) is 5.82 Å². The van der Waals surface area contributed by atoms with Crippen molar-refractivity contribution in [1.29, 1.82) is 0 Å². The van der Waals surface area contributed by atoms with Crippen LogP contribution in [0.25, 0.3) is 16.6 Å². The van der Waals surface area contributed by atoms with Crippen molar-refractivity contribution in [2.45, 2.75) is 33.2 Å². The van der Waals surface area contributed by atoms with Gasteiger partial charge in [-0.1, -0.05) is 37.3 Å². The van der Waals surface area contributed by atoms with E-state index in [2.05, 4.69) is 0 Å². The molecule has 0 aliphatic heterocycles. The predicted octanol–water partition coefficient (Wildman–Crippen LogP) is 3.41. The maximum atomic E-state index is 13.2. The number of aromatic nitrogens is 2. The average molecular weight is 307 g/mol. The van der Waals surface area contributed by atoms with E-state index in [1.165, 1.54) is 0 Å². The molecule has 4 heteroatoms. The van der Waals surface area contributed by atoms with Gasteiger partial charge in [0.25, 0.3) is 5.56 Å². The van der Waals surface area contributed by atoms with E-state index < -0.39 is 0 Å². The van der Waals surface area contributed by atoms with Crippen molar-refractivity contribution in [2.24, 2.45) is 5.73 Å². The molecule has 0 amide bonds. The Morgan fingerprint density at radius 3 is 2.48 bits per heavy atom. The van der Waals surface area contributed by atoms with Crippen LogP contribution in [0.5, 0.6) is 0 Å². The molecule has 0 bridgehead atoms. The molecule has 0 fully saturated rings. The summed E-state index contributed by atoms with van der Waals surface area (Å²) in [6, 6.07) is 13.3. The molecule has 2 aromatic carbocycles. The van der Waals surface area contributed by atoms with E-state index >= 15 is 0 Å². The van der Waals surface area contributed by atoms with Gasteiger partial charge in [0, 0.05) is 0 Å². The summed E-state index contributed by atoms with van der Waals surface area (Å²) in [5.41, 5.74) is 9.70. The van der Waals surface area contributed by atoms with Crippen molar-refractivity contribution >= 4 is 10.9 Å². The zero-order valence-electron chi connectivity index (χ0n) is 13.7. The Morgan fingerprint density at radius 1 is 1.09 bits per heavy atom. The first-order valence-corrected chi connectivity index (χ1v) is 7.88. The fourth-order valence-corrected chi connectivity index (χ4v) is 2.89. The van der Waals surface area contributed by atoms with Crippen molar-refractivity contribution in [1.82, 2.24) is 9.55 Å². The van der Waals surface area contributed by atoms with Crippen LogP contribution in [0.15, 0.2) is 47.3 Å². The van der Waals surface area contributed by atoms with Gasteiger partial charge in [-0.2, -0.15) is 0 Å². The lowest BCUT2D eigenvalue weighted by Crippen LogP contribution is -2.29. The Hall–Kier alpha value is -2.46. The lowest BCUT2D eigenvalue weighted by atomic mass is 10.1. The second-order valence-electron chi connectivity index (χ2n) is 5.88. The molecule has 1 aromatic heterocycles. The summed E-state index contributed by atoms with van der Waals surface area (Å²) in [5, 5.41) is 0.655. The molecule has 0 saturated heterocycles. The highest BCUT2D eigenvalue weighted by atomic mass is 16.1. The first-order chi connectivity index (χ1) is 11.0. The lowest BCUT2D eigenvalue weighted by molar-refractivity contribution is 0.622. The molecular weight excluding hydrogens is 286 g/mol. The molecule has 2 N–H and O–H groups in total. The predicted molar refractivity (Wildman–Crippen MR) is 94.0 cm³/mol. The average Bonchev–Trinajstić information content (AvgIpc) is 2.55. The highest BCUT2D eigenvalue weighted by Crippen LogP contribution is 2.21. The van der Waals surface area contributed by atoms with Crippen LogP contribution in [0.2, 0.25) is 0 Å². The molecule has 1 unspecified atom stereocenters. The molecule has 1 atom stereocenters. The molecule has 23 heavy (non-hydrogen) atoms. The smallest absolute Gasteiger partial charge is 0.266 e. The second-order valence-corrected chi connectivity index (χ2v) is 5.88. The van der Waals surface area contributed by atoms with Crippen molar-refractivity contribution in [3.63, 3.8) is 0 Å². The van der Waals surface area contributed by atoms with Crippen molar-refractivity contribution in [3.05, 3.63) is 69.8 Å². The van der Waals surface area contributed by atoms with E-state index in [-0.39, 0.29) is 11.6 Å². The molecule has 0 aliphatic rings. The van der Waals surface area contributed by atoms with E-state index in [1.54, 1.807) is 4.57 Å². The third-order valence-corrected chi connectivity index (χ3v) is 4.26. The second kappa shape index (κ2) is 5.97. The lowest BCUT2D eigenvalue weighted by Gasteiger charge is -2.19. The fourth-order valence-electron chi connectivity index (χ4n) is 2.89. The van der Waals surface area contributed by atoms with Crippen LogP contribution < -0.4 is 11.3 Å². The summed E-state index contributed by atoms with van der Waals surface area (Å²) in [4.78, 5) is 17.9. The van der Waals surface area contributed by atoms with E-state index in [0.717, 1.165) is 23.2 Å². The Labute approximate surface area is 135 Å². The van der Waals surface area contributed by atoms with E-state index in [1.807, 2.05) is 63.2 Å². The first-order valence-electron chi connectivity index (χ1n) is 7.88. The van der Waals surface area contributed by atoms with Gasteiger partial charge < -0.3 is 5.73 Å². The van der Waals surface area contributed by atoms with Crippen molar-refractivity contribution in [2.75, 3.05) is 0 Å². The number of nitrogens with two attached hydrogens (primary N) is 1. The maximum Gasteiger partial charge on any atom is 0.266 e. The van der Waals surface area contributed by atoms with Crippen LogP contribution in [-0.4, -0.2) is 9.55 Å². The fraction of sp³-hybridized carbons (Fsp3) is 0.263. The number of hydrogen-bond acceptors (Lipinski definition) is 3. The molecule has 0 saturated carbocycles. The molecule has 3 rings (SSSR count). The normalized spacial score (nSPS) is 12.5. The van der Waals surface area contributed by atoms with Crippen LogP contribution in [0.3, 0.4) is 0 Å².